The van der Waals surface area contributed by atoms with Gasteiger partial charge in [-0.05, 0) is 69.1 Å². The number of nitrogens with one attached hydrogen (secondary N) is 1. The van der Waals surface area contributed by atoms with Crippen molar-refractivity contribution in [3.63, 3.8) is 0 Å². The molecule has 1 amide bonds. The highest BCUT2D eigenvalue weighted by Crippen LogP contribution is 2.40. The van der Waals surface area contributed by atoms with Crippen LogP contribution in [0.3, 0.4) is 0 Å². The number of carbonyl (C=O) groups excluding carboxylic acids is 1. The molecule has 2 aromatic carbocycles. The Kier molecular flexibility index (Phi) is 7.16. The number of anilines is 1. The van der Waals surface area contributed by atoms with Crippen LogP contribution in [0.5, 0.6) is 11.5 Å². The SMILES string of the molecule is CNCCC[C@H](c1ccc(OC)c(OC)c1)N1Cc2c(cccc2N2CCN(C3CC3)CC2)C1=O. The van der Waals surface area contributed by atoms with Crippen LogP contribution in [0.15, 0.2) is 36.4 Å². The number of nitrogens with zero attached hydrogens (tertiary/aromatic N) is 3. The van der Waals surface area contributed by atoms with E-state index in [0.717, 1.165) is 62.7 Å². The van der Waals surface area contributed by atoms with E-state index >= 15 is 0 Å². The fourth-order valence-electron chi connectivity index (χ4n) is 5.69. The van der Waals surface area contributed by atoms with Gasteiger partial charge in [-0.1, -0.05) is 12.1 Å². The van der Waals surface area contributed by atoms with Crippen molar-refractivity contribution >= 4 is 11.6 Å². The number of amides is 1. The molecule has 2 aliphatic heterocycles. The lowest BCUT2D eigenvalue weighted by Gasteiger charge is -2.37. The van der Waals surface area contributed by atoms with Gasteiger partial charge in [-0.3, -0.25) is 9.69 Å². The van der Waals surface area contributed by atoms with Gasteiger partial charge in [0.25, 0.3) is 5.91 Å². The molecule has 0 aromatic heterocycles. The predicted molar refractivity (Wildman–Crippen MR) is 139 cm³/mol. The first-order chi connectivity index (χ1) is 17.1. The summed E-state index contributed by atoms with van der Waals surface area (Å²) in [6.07, 6.45) is 4.57. The Bertz CT molecular complexity index is 1050. The van der Waals surface area contributed by atoms with Gasteiger partial charge in [-0.15, -0.1) is 0 Å². The summed E-state index contributed by atoms with van der Waals surface area (Å²) in [7, 11) is 5.27. The summed E-state index contributed by atoms with van der Waals surface area (Å²) in [5.74, 6) is 1.53. The number of hydrogen-bond donors (Lipinski definition) is 1. The Balaban J connectivity index is 1.40. The van der Waals surface area contributed by atoms with Gasteiger partial charge in [-0.2, -0.15) is 0 Å². The van der Waals surface area contributed by atoms with Crippen LogP contribution < -0.4 is 19.7 Å². The third kappa shape index (κ3) is 4.84. The van der Waals surface area contributed by atoms with E-state index in [1.54, 1.807) is 14.2 Å². The smallest absolute Gasteiger partial charge is 0.255 e. The minimum atomic E-state index is -0.0254. The van der Waals surface area contributed by atoms with Gasteiger partial charge in [0, 0.05) is 55.6 Å². The molecule has 2 heterocycles. The summed E-state index contributed by atoms with van der Waals surface area (Å²) in [5, 5.41) is 3.24. The van der Waals surface area contributed by atoms with Gasteiger partial charge >= 0.3 is 0 Å². The molecule has 5 rings (SSSR count). The fourth-order valence-corrected chi connectivity index (χ4v) is 5.69. The zero-order chi connectivity index (χ0) is 24.4. The number of carbonyl (C=O) groups is 1. The lowest BCUT2D eigenvalue weighted by atomic mass is 9.99. The Morgan fingerprint density at radius 3 is 2.49 bits per heavy atom. The van der Waals surface area contributed by atoms with Gasteiger partial charge in [0.15, 0.2) is 11.5 Å². The van der Waals surface area contributed by atoms with Crippen molar-refractivity contribution in [1.82, 2.24) is 15.1 Å². The summed E-state index contributed by atoms with van der Waals surface area (Å²) >= 11 is 0. The number of methoxy groups -OCH3 is 2. The molecule has 0 radical (unpaired) electrons. The standard InChI is InChI=1S/C28H38N4O3/c1-29-13-5-8-24(20-9-12-26(34-2)27(18-20)35-3)32-19-23-22(28(32)33)6-4-7-25(23)31-16-14-30(15-17-31)21-10-11-21/h4,6-7,9,12,18,21,24,29H,5,8,10-11,13-17,19H2,1-3H3/t24-/m1/s1. The van der Waals surface area contributed by atoms with E-state index in [-0.39, 0.29) is 11.9 Å². The first kappa shape index (κ1) is 23.9. The van der Waals surface area contributed by atoms with E-state index in [1.807, 2.05) is 25.2 Å². The summed E-state index contributed by atoms with van der Waals surface area (Å²) < 4.78 is 11.0. The highest BCUT2D eigenvalue weighted by atomic mass is 16.5. The predicted octanol–water partition coefficient (Wildman–Crippen LogP) is 3.68. The van der Waals surface area contributed by atoms with E-state index in [1.165, 1.54) is 24.1 Å². The molecule has 0 unspecified atom stereocenters. The average molecular weight is 479 g/mol. The summed E-state index contributed by atoms with van der Waals surface area (Å²) in [4.78, 5) is 20.9. The molecule has 2 fully saturated rings. The van der Waals surface area contributed by atoms with Gasteiger partial charge in [0.1, 0.15) is 0 Å². The van der Waals surface area contributed by atoms with Crippen LogP contribution in [-0.2, 0) is 6.54 Å². The number of rotatable bonds is 10. The molecule has 1 atom stereocenters. The number of ether oxygens (including phenoxy) is 2. The molecule has 0 bridgehead atoms. The molecule has 188 valence electrons. The molecular weight excluding hydrogens is 440 g/mol. The molecule has 3 aliphatic rings. The van der Waals surface area contributed by atoms with Crippen molar-refractivity contribution in [2.24, 2.45) is 0 Å². The zero-order valence-corrected chi connectivity index (χ0v) is 21.3. The Morgan fingerprint density at radius 1 is 1.03 bits per heavy atom. The molecule has 1 aliphatic carbocycles. The quantitative estimate of drug-likeness (QED) is 0.526. The Morgan fingerprint density at radius 2 is 1.80 bits per heavy atom. The molecule has 7 nitrogen and oxygen atoms in total. The minimum Gasteiger partial charge on any atom is -0.493 e. The Labute approximate surface area is 209 Å². The maximum Gasteiger partial charge on any atom is 0.255 e. The van der Waals surface area contributed by atoms with Crippen LogP contribution in [0.4, 0.5) is 5.69 Å². The molecule has 35 heavy (non-hydrogen) atoms. The number of hydrogen-bond acceptors (Lipinski definition) is 6. The lowest BCUT2D eigenvalue weighted by molar-refractivity contribution is 0.0689. The van der Waals surface area contributed by atoms with E-state index < -0.39 is 0 Å². The molecule has 0 spiro atoms. The average Bonchev–Trinajstić information content (AvgIpc) is 3.70. The Hall–Kier alpha value is -2.77. The van der Waals surface area contributed by atoms with Crippen molar-refractivity contribution in [3.05, 3.63) is 53.1 Å². The number of benzene rings is 2. The number of fused-ring (bicyclic) bond motifs is 1. The van der Waals surface area contributed by atoms with Gasteiger partial charge in [0.2, 0.25) is 0 Å². The molecule has 2 aromatic rings. The van der Waals surface area contributed by atoms with Crippen LogP contribution in [0.1, 0.15) is 53.2 Å². The van der Waals surface area contributed by atoms with Crippen molar-refractivity contribution in [1.29, 1.82) is 0 Å². The largest absolute Gasteiger partial charge is 0.493 e. The molecule has 1 saturated carbocycles. The van der Waals surface area contributed by atoms with Crippen LogP contribution >= 0.6 is 0 Å². The molecular formula is C28H38N4O3. The lowest BCUT2D eigenvalue weighted by Crippen LogP contribution is -2.47. The maximum absolute atomic E-state index is 13.7. The fraction of sp³-hybridized carbons (Fsp3) is 0.536. The summed E-state index contributed by atoms with van der Waals surface area (Å²) in [6, 6.07) is 13.1. The topological polar surface area (TPSA) is 57.3 Å². The van der Waals surface area contributed by atoms with E-state index in [4.69, 9.17) is 9.47 Å². The first-order valence-electron chi connectivity index (χ1n) is 12.9. The molecule has 1 N–H and O–H groups in total. The van der Waals surface area contributed by atoms with E-state index in [9.17, 15) is 4.79 Å². The minimum absolute atomic E-state index is 0.0254. The normalized spacial score (nSPS) is 19.1. The maximum atomic E-state index is 13.7. The van der Waals surface area contributed by atoms with Gasteiger partial charge in [-0.25, -0.2) is 0 Å². The second-order valence-corrected chi connectivity index (χ2v) is 9.87. The van der Waals surface area contributed by atoms with Crippen molar-refractivity contribution in [2.45, 2.75) is 44.3 Å². The second kappa shape index (κ2) is 10.5. The van der Waals surface area contributed by atoms with Crippen LogP contribution in [0.25, 0.3) is 0 Å². The number of piperazine rings is 1. The monoisotopic (exact) mass is 478 g/mol. The molecule has 7 heteroatoms. The highest BCUT2D eigenvalue weighted by Gasteiger charge is 2.37. The van der Waals surface area contributed by atoms with Crippen molar-refractivity contribution < 1.29 is 14.3 Å². The van der Waals surface area contributed by atoms with Gasteiger partial charge in [0.05, 0.1) is 20.3 Å². The van der Waals surface area contributed by atoms with Crippen molar-refractivity contribution in [2.75, 3.05) is 58.9 Å². The third-order valence-corrected chi connectivity index (χ3v) is 7.76. The van der Waals surface area contributed by atoms with E-state index in [0.29, 0.717) is 18.0 Å². The zero-order valence-electron chi connectivity index (χ0n) is 21.3. The second-order valence-electron chi connectivity index (χ2n) is 9.87. The van der Waals surface area contributed by atoms with Crippen molar-refractivity contribution in [3.8, 4) is 11.5 Å². The highest BCUT2D eigenvalue weighted by molar-refractivity contribution is 6.00. The summed E-state index contributed by atoms with van der Waals surface area (Å²) in [6.45, 7) is 5.85. The van der Waals surface area contributed by atoms with E-state index in [2.05, 4.69) is 38.2 Å². The first-order valence-corrected chi connectivity index (χ1v) is 12.9. The molecule has 1 saturated heterocycles. The third-order valence-electron chi connectivity index (χ3n) is 7.76. The van der Waals surface area contributed by atoms with Crippen LogP contribution in [-0.4, -0.2) is 75.7 Å². The summed E-state index contributed by atoms with van der Waals surface area (Å²) in [5.41, 5.74) is 4.34. The van der Waals surface area contributed by atoms with Gasteiger partial charge < -0.3 is 24.6 Å². The van der Waals surface area contributed by atoms with Crippen LogP contribution in [0.2, 0.25) is 0 Å². The van der Waals surface area contributed by atoms with Crippen LogP contribution in [0, 0.1) is 0 Å².